The lowest BCUT2D eigenvalue weighted by atomic mass is 9.92. The van der Waals surface area contributed by atoms with Gasteiger partial charge in [-0.1, -0.05) is 26.2 Å². The minimum absolute atomic E-state index is 0.464. The minimum Gasteiger partial charge on any atom is -0.380 e. The van der Waals surface area contributed by atoms with Gasteiger partial charge in [-0.15, -0.1) is 0 Å². The molecule has 0 unspecified atom stereocenters. The summed E-state index contributed by atoms with van der Waals surface area (Å²) < 4.78 is 5.47. The molecule has 0 aromatic rings. The predicted molar refractivity (Wildman–Crippen MR) is 56.0 cm³/mol. The first kappa shape index (κ1) is 11.0. The molecule has 2 heteroatoms. The van der Waals surface area contributed by atoms with E-state index in [4.69, 9.17) is 4.74 Å². The Morgan fingerprint density at radius 1 is 1.31 bits per heavy atom. The molecule has 2 nitrogen and oxygen atoms in total. The van der Waals surface area contributed by atoms with Gasteiger partial charge < -0.3 is 10.1 Å². The van der Waals surface area contributed by atoms with Crippen LogP contribution in [0.25, 0.3) is 0 Å². The van der Waals surface area contributed by atoms with Crippen LogP contribution >= 0.6 is 0 Å². The van der Waals surface area contributed by atoms with E-state index in [-0.39, 0.29) is 0 Å². The van der Waals surface area contributed by atoms with Crippen LogP contribution in [0, 0.1) is 0 Å². The lowest BCUT2D eigenvalue weighted by Crippen LogP contribution is -2.43. The Labute approximate surface area is 82.0 Å². The molecule has 0 amide bonds. The van der Waals surface area contributed by atoms with Gasteiger partial charge in [0.2, 0.25) is 0 Å². The SMILES string of the molecule is CCCCN[C@H]1CCCC[C@H]1OC. The third-order valence-electron chi connectivity index (χ3n) is 2.94. The first-order valence-corrected chi connectivity index (χ1v) is 5.64. The number of hydrogen-bond donors (Lipinski definition) is 1. The van der Waals surface area contributed by atoms with E-state index in [0.29, 0.717) is 12.1 Å². The molecule has 1 aliphatic rings. The zero-order chi connectivity index (χ0) is 9.52. The van der Waals surface area contributed by atoms with E-state index >= 15 is 0 Å². The molecule has 13 heavy (non-hydrogen) atoms. The van der Waals surface area contributed by atoms with E-state index in [1.54, 1.807) is 0 Å². The van der Waals surface area contributed by atoms with Crippen LogP contribution in [0.1, 0.15) is 45.4 Å². The molecule has 0 spiro atoms. The van der Waals surface area contributed by atoms with Crippen molar-refractivity contribution in [3.8, 4) is 0 Å². The van der Waals surface area contributed by atoms with Crippen molar-refractivity contribution in [1.82, 2.24) is 5.32 Å². The Balaban J connectivity index is 2.19. The molecule has 0 radical (unpaired) electrons. The second-order valence-corrected chi connectivity index (χ2v) is 3.97. The molecule has 0 saturated heterocycles. The molecular formula is C11H23NO. The van der Waals surface area contributed by atoms with Gasteiger partial charge in [0.05, 0.1) is 6.10 Å². The lowest BCUT2D eigenvalue weighted by molar-refractivity contribution is 0.0419. The van der Waals surface area contributed by atoms with Crippen molar-refractivity contribution in [3.63, 3.8) is 0 Å². The van der Waals surface area contributed by atoms with E-state index in [0.717, 1.165) is 6.54 Å². The summed E-state index contributed by atoms with van der Waals surface area (Å²) >= 11 is 0. The van der Waals surface area contributed by atoms with Gasteiger partial charge >= 0.3 is 0 Å². The van der Waals surface area contributed by atoms with Crippen LogP contribution in [0.2, 0.25) is 0 Å². The summed E-state index contributed by atoms with van der Waals surface area (Å²) in [7, 11) is 1.84. The van der Waals surface area contributed by atoms with Gasteiger partial charge in [0, 0.05) is 13.2 Å². The summed E-state index contributed by atoms with van der Waals surface area (Å²) in [6.45, 7) is 3.39. The topological polar surface area (TPSA) is 21.3 Å². The van der Waals surface area contributed by atoms with Crippen molar-refractivity contribution in [2.24, 2.45) is 0 Å². The van der Waals surface area contributed by atoms with Crippen LogP contribution in [0.15, 0.2) is 0 Å². The van der Waals surface area contributed by atoms with Crippen molar-refractivity contribution >= 4 is 0 Å². The fourth-order valence-electron chi connectivity index (χ4n) is 2.08. The fraction of sp³-hybridized carbons (Fsp3) is 1.00. The van der Waals surface area contributed by atoms with E-state index in [1.165, 1.54) is 38.5 Å². The molecule has 1 rings (SSSR count). The van der Waals surface area contributed by atoms with Crippen molar-refractivity contribution in [1.29, 1.82) is 0 Å². The van der Waals surface area contributed by atoms with Crippen molar-refractivity contribution in [3.05, 3.63) is 0 Å². The standard InChI is InChI=1S/C11H23NO/c1-3-4-9-12-10-7-5-6-8-11(10)13-2/h10-12H,3-9H2,1-2H3/t10-,11+/m0/s1. The number of methoxy groups -OCH3 is 1. The van der Waals surface area contributed by atoms with Crippen LogP contribution in [0.5, 0.6) is 0 Å². The van der Waals surface area contributed by atoms with E-state index in [9.17, 15) is 0 Å². The zero-order valence-electron chi connectivity index (χ0n) is 9.01. The van der Waals surface area contributed by atoms with Gasteiger partial charge in [-0.2, -0.15) is 0 Å². The van der Waals surface area contributed by atoms with Crippen molar-refractivity contribution in [2.75, 3.05) is 13.7 Å². The van der Waals surface area contributed by atoms with E-state index in [1.807, 2.05) is 7.11 Å². The number of hydrogen-bond acceptors (Lipinski definition) is 2. The first-order chi connectivity index (χ1) is 6.38. The molecule has 0 heterocycles. The van der Waals surface area contributed by atoms with Crippen LogP contribution in [0.4, 0.5) is 0 Å². The maximum Gasteiger partial charge on any atom is 0.0724 e. The average Bonchev–Trinajstić information content (AvgIpc) is 2.19. The molecule has 1 aliphatic carbocycles. The maximum absolute atomic E-state index is 5.47. The molecular weight excluding hydrogens is 162 g/mol. The van der Waals surface area contributed by atoms with Gasteiger partial charge in [-0.3, -0.25) is 0 Å². The highest BCUT2D eigenvalue weighted by Crippen LogP contribution is 2.20. The second kappa shape index (κ2) is 6.39. The van der Waals surface area contributed by atoms with Gasteiger partial charge in [0.25, 0.3) is 0 Å². The summed E-state index contributed by atoms with van der Waals surface area (Å²) in [5.74, 6) is 0. The van der Waals surface area contributed by atoms with E-state index in [2.05, 4.69) is 12.2 Å². The molecule has 78 valence electrons. The van der Waals surface area contributed by atoms with Crippen molar-refractivity contribution < 1.29 is 4.74 Å². The molecule has 2 atom stereocenters. The summed E-state index contributed by atoms with van der Waals surface area (Å²) in [5.41, 5.74) is 0. The Hall–Kier alpha value is -0.0800. The smallest absolute Gasteiger partial charge is 0.0724 e. The summed E-state index contributed by atoms with van der Waals surface area (Å²) in [6.07, 6.45) is 8.26. The van der Waals surface area contributed by atoms with E-state index < -0.39 is 0 Å². The number of unbranched alkanes of at least 4 members (excludes halogenated alkanes) is 1. The summed E-state index contributed by atoms with van der Waals surface area (Å²) in [6, 6.07) is 0.616. The molecule has 1 N–H and O–H groups in total. The van der Waals surface area contributed by atoms with Crippen molar-refractivity contribution in [2.45, 2.75) is 57.6 Å². The molecule has 0 aliphatic heterocycles. The predicted octanol–water partition coefficient (Wildman–Crippen LogP) is 2.33. The van der Waals surface area contributed by atoms with Gasteiger partial charge in [0.1, 0.15) is 0 Å². The monoisotopic (exact) mass is 185 g/mol. The number of nitrogens with one attached hydrogen (secondary N) is 1. The first-order valence-electron chi connectivity index (χ1n) is 5.64. The third kappa shape index (κ3) is 3.65. The maximum atomic E-state index is 5.47. The fourth-order valence-corrected chi connectivity index (χ4v) is 2.08. The highest BCUT2D eigenvalue weighted by molar-refractivity contribution is 4.81. The van der Waals surface area contributed by atoms with Crippen LogP contribution in [-0.2, 0) is 4.74 Å². The normalized spacial score (nSPS) is 29.1. The highest BCUT2D eigenvalue weighted by Gasteiger charge is 2.23. The van der Waals surface area contributed by atoms with Crippen LogP contribution in [-0.4, -0.2) is 25.8 Å². The van der Waals surface area contributed by atoms with Crippen LogP contribution < -0.4 is 5.32 Å². The molecule has 0 aromatic carbocycles. The van der Waals surface area contributed by atoms with Gasteiger partial charge in [-0.05, 0) is 25.8 Å². The van der Waals surface area contributed by atoms with Gasteiger partial charge in [0.15, 0.2) is 0 Å². The van der Waals surface area contributed by atoms with Gasteiger partial charge in [-0.25, -0.2) is 0 Å². The third-order valence-corrected chi connectivity index (χ3v) is 2.94. The highest BCUT2D eigenvalue weighted by atomic mass is 16.5. The Bertz CT molecular complexity index is 127. The average molecular weight is 185 g/mol. The minimum atomic E-state index is 0.464. The Morgan fingerprint density at radius 3 is 2.77 bits per heavy atom. The quantitative estimate of drug-likeness (QED) is 0.664. The second-order valence-electron chi connectivity index (χ2n) is 3.97. The summed E-state index contributed by atoms with van der Waals surface area (Å²) in [5, 5.41) is 3.60. The molecule has 0 bridgehead atoms. The summed E-state index contributed by atoms with van der Waals surface area (Å²) in [4.78, 5) is 0. The molecule has 1 fully saturated rings. The number of rotatable bonds is 5. The van der Waals surface area contributed by atoms with Crippen LogP contribution in [0.3, 0.4) is 0 Å². The Kier molecular flexibility index (Phi) is 5.40. The molecule has 1 saturated carbocycles. The molecule has 0 aromatic heterocycles. The lowest BCUT2D eigenvalue weighted by Gasteiger charge is -2.31. The Morgan fingerprint density at radius 2 is 2.08 bits per heavy atom. The number of ether oxygens (including phenoxy) is 1. The zero-order valence-corrected chi connectivity index (χ0v) is 9.01. The largest absolute Gasteiger partial charge is 0.380 e.